The summed E-state index contributed by atoms with van der Waals surface area (Å²) in [5.41, 5.74) is 2.92. The Balaban J connectivity index is 1.69. The normalized spacial score (nSPS) is 14.3. The number of nitrogens with zero attached hydrogens (tertiary/aromatic N) is 3. The van der Waals surface area contributed by atoms with E-state index < -0.39 is 6.03 Å². The van der Waals surface area contributed by atoms with Gasteiger partial charge >= 0.3 is 6.03 Å². The molecule has 1 aliphatic rings. The number of hydrogen-bond acceptors (Lipinski definition) is 4. The number of para-hydroxylation sites is 1. The third-order valence-electron chi connectivity index (χ3n) is 4.48. The minimum Gasteiger partial charge on any atom is -0.350 e. The van der Waals surface area contributed by atoms with Gasteiger partial charge in [0.15, 0.2) is 0 Å². The number of rotatable bonds is 5. The van der Waals surface area contributed by atoms with Crippen LogP contribution in [0.25, 0.3) is 0 Å². The van der Waals surface area contributed by atoms with Crippen LogP contribution in [0.4, 0.5) is 10.5 Å². The van der Waals surface area contributed by atoms with Crippen molar-refractivity contribution in [2.24, 2.45) is 0 Å². The van der Waals surface area contributed by atoms with Crippen LogP contribution in [0.2, 0.25) is 0 Å². The number of benzene rings is 1. The van der Waals surface area contributed by atoms with Crippen molar-refractivity contribution in [2.75, 3.05) is 18.0 Å². The van der Waals surface area contributed by atoms with E-state index in [0.29, 0.717) is 24.3 Å². The fourth-order valence-corrected chi connectivity index (χ4v) is 2.85. The van der Waals surface area contributed by atoms with Crippen LogP contribution in [0, 0.1) is 13.8 Å². The van der Waals surface area contributed by atoms with Crippen molar-refractivity contribution in [3.05, 3.63) is 47.5 Å². The quantitative estimate of drug-likeness (QED) is 0.847. The molecule has 0 aliphatic carbocycles. The lowest BCUT2D eigenvalue weighted by molar-refractivity contribution is -0.120. The lowest BCUT2D eigenvalue weighted by Gasteiger charge is -2.28. The van der Waals surface area contributed by atoms with Gasteiger partial charge in [-0.1, -0.05) is 12.1 Å². The summed E-state index contributed by atoms with van der Waals surface area (Å²) in [6.45, 7) is 5.22. The van der Waals surface area contributed by atoms with Crippen molar-refractivity contribution < 1.29 is 14.4 Å². The van der Waals surface area contributed by atoms with E-state index in [4.69, 9.17) is 0 Å². The van der Waals surface area contributed by atoms with Gasteiger partial charge in [0, 0.05) is 31.7 Å². The zero-order valence-electron chi connectivity index (χ0n) is 14.8. The topological polar surface area (TPSA) is 96.3 Å². The van der Waals surface area contributed by atoms with E-state index in [0.717, 1.165) is 11.4 Å². The number of imidazole rings is 1. The summed E-state index contributed by atoms with van der Waals surface area (Å²) in [5, 5.41) is 5.15. The number of nitrogens with one attached hydrogen (secondary N) is 2. The predicted octanol–water partition coefficient (Wildman–Crippen LogP) is 1.38. The number of aryl methyl sites for hydroxylation is 1. The Labute approximate surface area is 151 Å². The summed E-state index contributed by atoms with van der Waals surface area (Å²) in [6.07, 6.45) is 1.96. The molecule has 1 saturated heterocycles. The number of urea groups is 1. The second-order valence-electron chi connectivity index (χ2n) is 6.14. The maximum Gasteiger partial charge on any atom is 0.328 e. The number of aromatic nitrogens is 2. The lowest BCUT2D eigenvalue weighted by Crippen LogP contribution is -2.50. The van der Waals surface area contributed by atoms with Gasteiger partial charge in [-0.2, -0.15) is 0 Å². The minimum absolute atomic E-state index is 0.209. The van der Waals surface area contributed by atoms with E-state index in [-0.39, 0.29) is 24.8 Å². The number of anilines is 1. The zero-order chi connectivity index (χ0) is 18.7. The first-order valence-corrected chi connectivity index (χ1v) is 8.44. The maximum atomic E-state index is 12.6. The van der Waals surface area contributed by atoms with E-state index in [1.165, 1.54) is 4.90 Å². The molecule has 0 atom stereocenters. The molecular formula is C18H21N5O3. The molecule has 1 aliphatic heterocycles. The molecule has 2 aromatic rings. The van der Waals surface area contributed by atoms with Crippen molar-refractivity contribution >= 4 is 23.5 Å². The highest BCUT2D eigenvalue weighted by molar-refractivity contribution is 6.09. The zero-order valence-corrected chi connectivity index (χ0v) is 14.8. The van der Waals surface area contributed by atoms with Crippen molar-refractivity contribution in [3.8, 4) is 0 Å². The Hall–Kier alpha value is -3.16. The molecule has 2 N–H and O–H groups in total. The van der Waals surface area contributed by atoms with E-state index in [9.17, 15) is 14.4 Å². The van der Waals surface area contributed by atoms with Crippen LogP contribution in [0.3, 0.4) is 0 Å². The molecular weight excluding hydrogens is 334 g/mol. The standard InChI is InChI=1S/C18H21N5O3/c1-12-13(2)22(11-20-12)10-8-19-17(25)14-5-3-4-6-15(14)23-9-7-16(24)21-18(23)26/h3-6,11H,7-10H2,1-2H3,(H,19,25)(H,21,24,26). The first-order chi connectivity index (χ1) is 12.5. The number of amides is 4. The molecule has 3 rings (SSSR count). The molecule has 26 heavy (non-hydrogen) atoms. The summed E-state index contributed by atoms with van der Waals surface area (Å²) < 4.78 is 1.98. The van der Waals surface area contributed by atoms with Crippen LogP contribution in [0.15, 0.2) is 30.6 Å². The average Bonchev–Trinajstić information content (AvgIpc) is 2.94. The van der Waals surface area contributed by atoms with Crippen LogP contribution >= 0.6 is 0 Å². The molecule has 0 unspecified atom stereocenters. The van der Waals surface area contributed by atoms with Gasteiger partial charge in [-0.05, 0) is 26.0 Å². The number of imide groups is 1. The molecule has 0 radical (unpaired) electrons. The summed E-state index contributed by atoms with van der Waals surface area (Å²) >= 11 is 0. The van der Waals surface area contributed by atoms with Gasteiger partial charge in [-0.15, -0.1) is 0 Å². The molecule has 4 amide bonds. The average molecular weight is 355 g/mol. The Kier molecular flexibility index (Phi) is 5.01. The molecule has 1 fully saturated rings. The number of hydrogen-bond donors (Lipinski definition) is 2. The maximum absolute atomic E-state index is 12.6. The first-order valence-electron chi connectivity index (χ1n) is 8.44. The Bertz CT molecular complexity index is 858. The van der Waals surface area contributed by atoms with E-state index in [1.54, 1.807) is 30.6 Å². The highest BCUT2D eigenvalue weighted by Gasteiger charge is 2.27. The van der Waals surface area contributed by atoms with E-state index >= 15 is 0 Å². The lowest BCUT2D eigenvalue weighted by atomic mass is 10.1. The van der Waals surface area contributed by atoms with Crippen molar-refractivity contribution in [2.45, 2.75) is 26.8 Å². The molecule has 0 bridgehead atoms. The highest BCUT2D eigenvalue weighted by atomic mass is 16.2. The van der Waals surface area contributed by atoms with Crippen LogP contribution in [0.5, 0.6) is 0 Å². The molecule has 136 valence electrons. The summed E-state index contributed by atoms with van der Waals surface area (Å²) in [5.74, 6) is -0.570. The van der Waals surface area contributed by atoms with E-state index in [1.807, 2.05) is 18.4 Å². The van der Waals surface area contributed by atoms with Gasteiger partial charge in [0.1, 0.15) is 0 Å². The SMILES string of the molecule is Cc1ncn(CCNC(=O)c2ccccc2N2CCC(=O)NC2=O)c1C. The summed E-state index contributed by atoms with van der Waals surface area (Å²) in [7, 11) is 0. The van der Waals surface area contributed by atoms with Crippen molar-refractivity contribution in [1.82, 2.24) is 20.2 Å². The molecule has 1 aromatic heterocycles. The molecule has 0 spiro atoms. The Morgan fingerprint density at radius 2 is 2.04 bits per heavy atom. The fourth-order valence-electron chi connectivity index (χ4n) is 2.85. The predicted molar refractivity (Wildman–Crippen MR) is 96.0 cm³/mol. The third-order valence-corrected chi connectivity index (χ3v) is 4.48. The molecule has 8 heteroatoms. The van der Waals surface area contributed by atoms with Crippen molar-refractivity contribution in [3.63, 3.8) is 0 Å². The summed E-state index contributed by atoms with van der Waals surface area (Å²) in [4.78, 5) is 41.6. The van der Waals surface area contributed by atoms with Crippen LogP contribution in [-0.4, -0.2) is 40.5 Å². The van der Waals surface area contributed by atoms with Crippen LogP contribution in [-0.2, 0) is 11.3 Å². The Morgan fingerprint density at radius 3 is 2.73 bits per heavy atom. The largest absolute Gasteiger partial charge is 0.350 e. The molecule has 0 saturated carbocycles. The fraction of sp³-hybridized carbons (Fsp3) is 0.333. The first kappa shape index (κ1) is 17.7. The third kappa shape index (κ3) is 3.58. The molecule has 8 nitrogen and oxygen atoms in total. The number of carbonyl (C=O) groups excluding carboxylic acids is 3. The van der Waals surface area contributed by atoms with Gasteiger partial charge in [-0.25, -0.2) is 9.78 Å². The second-order valence-corrected chi connectivity index (χ2v) is 6.14. The molecule has 2 heterocycles. The van der Waals surface area contributed by atoms with Gasteiger partial charge in [-0.3, -0.25) is 19.8 Å². The van der Waals surface area contributed by atoms with Gasteiger partial charge < -0.3 is 9.88 Å². The summed E-state index contributed by atoms with van der Waals surface area (Å²) in [6, 6.07) is 6.36. The Morgan fingerprint density at radius 1 is 1.27 bits per heavy atom. The minimum atomic E-state index is -0.508. The monoisotopic (exact) mass is 355 g/mol. The van der Waals surface area contributed by atoms with Crippen LogP contribution in [0.1, 0.15) is 28.2 Å². The molecule has 1 aromatic carbocycles. The van der Waals surface area contributed by atoms with Gasteiger partial charge in [0.05, 0.1) is 23.3 Å². The van der Waals surface area contributed by atoms with Crippen LogP contribution < -0.4 is 15.5 Å². The smallest absolute Gasteiger partial charge is 0.328 e. The number of carbonyl (C=O) groups is 3. The van der Waals surface area contributed by atoms with Gasteiger partial charge in [0.25, 0.3) is 5.91 Å². The van der Waals surface area contributed by atoms with Crippen molar-refractivity contribution in [1.29, 1.82) is 0 Å². The van der Waals surface area contributed by atoms with E-state index in [2.05, 4.69) is 15.6 Å². The van der Waals surface area contributed by atoms with Gasteiger partial charge in [0.2, 0.25) is 5.91 Å². The second kappa shape index (κ2) is 7.38. The highest BCUT2D eigenvalue weighted by Crippen LogP contribution is 2.22.